The van der Waals surface area contributed by atoms with E-state index < -0.39 is 0 Å². The lowest BCUT2D eigenvalue weighted by molar-refractivity contribution is 0.0947. The van der Waals surface area contributed by atoms with E-state index >= 15 is 0 Å². The van der Waals surface area contributed by atoms with Crippen molar-refractivity contribution < 1.29 is 4.79 Å². The molecule has 2 rings (SSSR count). The van der Waals surface area contributed by atoms with E-state index in [-0.39, 0.29) is 5.91 Å². The van der Waals surface area contributed by atoms with Gasteiger partial charge in [0.1, 0.15) is 0 Å². The van der Waals surface area contributed by atoms with Gasteiger partial charge in [-0.3, -0.25) is 4.79 Å². The molecule has 1 aromatic carbocycles. The average molecular weight is 246 g/mol. The van der Waals surface area contributed by atoms with Crippen molar-refractivity contribution in [3.8, 4) is 0 Å². The van der Waals surface area contributed by atoms with Crippen LogP contribution >= 0.6 is 0 Å². The number of amides is 1. The van der Waals surface area contributed by atoms with Gasteiger partial charge in [-0.1, -0.05) is 13.0 Å². The maximum Gasteiger partial charge on any atom is 0.253 e. The van der Waals surface area contributed by atoms with E-state index in [0.29, 0.717) is 5.92 Å². The number of nitrogens with one attached hydrogen (secondary N) is 2. The molecular formula is C15H22N2O. The summed E-state index contributed by atoms with van der Waals surface area (Å²) in [5.74, 6) is 1.44. The molecule has 0 aromatic heterocycles. The van der Waals surface area contributed by atoms with Crippen LogP contribution in [0.4, 0.5) is 5.69 Å². The minimum atomic E-state index is 0.0202. The smallest absolute Gasteiger partial charge is 0.253 e. The maximum atomic E-state index is 12.1. The Balaban J connectivity index is 1.99. The Kier molecular flexibility index (Phi) is 3.90. The zero-order chi connectivity index (χ0) is 13.1. The summed E-state index contributed by atoms with van der Waals surface area (Å²) >= 11 is 0. The number of carbonyl (C=O) groups excluding carboxylic acids is 1. The molecule has 2 N–H and O–H groups in total. The van der Waals surface area contributed by atoms with E-state index in [9.17, 15) is 4.79 Å². The van der Waals surface area contributed by atoms with Crippen LogP contribution in [0.15, 0.2) is 18.2 Å². The van der Waals surface area contributed by atoms with Gasteiger partial charge in [-0.25, -0.2) is 0 Å². The fourth-order valence-corrected chi connectivity index (χ4v) is 2.24. The third kappa shape index (κ3) is 3.03. The van der Waals surface area contributed by atoms with Crippen molar-refractivity contribution in [3.63, 3.8) is 0 Å². The molecule has 1 aromatic rings. The Morgan fingerprint density at radius 1 is 1.44 bits per heavy atom. The average Bonchev–Trinajstić information content (AvgIpc) is 3.19. The van der Waals surface area contributed by atoms with Crippen LogP contribution in [0, 0.1) is 18.8 Å². The van der Waals surface area contributed by atoms with Crippen molar-refractivity contribution in [1.82, 2.24) is 5.32 Å². The van der Waals surface area contributed by atoms with Crippen LogP contribution in [0.3, 0.4) is 0 Å². The van der Waals surface area contributed by atoms with Gasteiger partial charge in [-0.05, 0) is 49.3 Å². The summed E-state index contributed by atoms with van der Waals surface area (Å²) < 4.78 is 0. The Morgan fingerprint density at radius 2 is 2.17 bits per heavy atom. The molecule has 1 aliphatic rings. The lowest BCUT2D eigenvalue weighted by atomic mass is 10.1. The van der Waals surface area contributed by atoms with Gasteiger partial charge >= 0.3 is 0 Å². The van der Waals surface area contributed by atoms with Gasteiger partial charge in [-0.15, -0.1) is 0 Å². The molecule has 18 heavy (non-hydrogen) atoms. The third-order valence-corrected chi connectivity index (χ3v) is 3.70. The number of carbonyl (C=O) groups is 1. The SMILES string of the molecule is CNc1cc(C)ccc1C(=O)NCC(C)C1CC1. The van der Waals surface area contributed by atoms with Crippen LogP contribution < -0.4 is 10.6 Å². The molecule has 1 atom stereocenters. The number of anilines is 1. The Morgan fingerprint density at radius 3 is 2.78 bits per heavy atom. The number of hydrogen-bond acceptors (Lipinski definition) is 2. The first kappa shape index (κ1) is 12.9. The Labute approximate surface area is 109 Å². The minimum Gasteiger partial charge on any atom is -0.387 e. The number of rotatable bonds is 5. The second-order valence-corrected chi connectivity index (χ2v) is 5.32. The quantitative estimate of drug-likeness (QED) is 0.838. The molecule has 0 heterocycles. The van der Waals surface area contributed by atoms with Crippen LogP contribution in [-0.2, 0) is 0 Å². The molecule has 0 saturated heterocycles. The molecule has 98 valence electrons. The van der Waals surface area contributed by atoms with Crippen LogP contribution in [0.25, 0.3) is 0 Å². The van der Waals surface area contributed by atoms with Crippen molar-refractivity contribution >= 4 is 11.6 Å². The highest BCUT2D eigenvalue weighted by Crippen LogP contribution is 2.36. The molecular weight excluding hydrogens is 224 g/mol. The molecule has 1 amide bonds. The fourth-order valence-electron chi connectivity index (χ4n) is 2.24. The highest BCUT2D eigenvalue weighted by molar-refractivity contribution is 5.99. The van der Waals surface area contributed by atoms with Crippen LogP contribution in [0.1, 0.15) is 35.7 Å². The van der Waals surface area contributed by atoms with E-state index in [1.807, 2.05) is 32.2 Å². The summed E-state index contributed by atoms with van der Waals surface area (Å²) in [6.07, 6.45) is 2.65. The van der Waals surface area contributed by atoms with E-state index in [2.05, 4.69) is 17.6 Å². The number of hydrogen-bond donors (Lipinski definition) is 2. The van der Waals surface area contributed by atoms with Crippen molar-refractivity contribution in [3.05, 3.63) is 29.3 Å². The molecule has 0 bridgehead atoms. The highest BCUT2D eigenvalue weighted by atomic mass is 16.1. The summed E-state index contributed by atoms with van der Waals surface area (Å²) in [5, 5.41) is 6.11. The first-order valence-electron chi connectivity index (χ1n) is 6.68. The molecule has 0 radical (unpaired) electrons. The van der Waals surface area contributed by atoms with E-state index in [4.69, 9.17) is 0 Å². The van der Waals surface area contributed by atoms with Gasteiger partial charge < -0.3 is 10.6 Å². The summed E-state index contributed by atoms with van der Waals surface area (Å²) in [6, 6.07) is 5.86. The molecule has 0 spiro atoms. The second-order valence-electron chi connectivity index (χ2n) is 5.32. The lowest BCUT2D eigenvalue weighted by Gasteiger charge is -2.14. The first-order valence-corrected chi connectivity index (χ1v) is 6.68. The molecule has 1 unspecified atom stereocenters. The molecule has 1 aliphatic carbocycles. The zero-order valence-electron chi connectivity index (χ0n) is 11.4. The monoisotopic (exact) mass is 246 g/mol. The zero-order valence-corrected chi connectivity index (χ0v) is 11.4. The Bertz CT molecular complexity index is 438. The maximum absolute atomic E-state index is 12.1. The van der Waals surface area contributed by atoms with Crippen molar-refractivity contribution in [2.75, 3.05) is 18.9 Å². The summed E-state index contributed by atoms with van der Waals surface area (Å²) in [5.41, 5.74) is 2.78. The van der Waals surface area contributed by atoms with Crippen LogP contribution in [0.2, 0.25) is 0 Å². The molecule has 0 aliphatic heterocycles. The van der Waals surface area contributed by atoms with Crippen molar-refractivity contribution in [1.29, 1.82) is 0 Å². The van der Waals surface area contributed by atoms with Gasteiger partial charge in [0.25, 0.3) is 5.91 Å². The van der Waals surface area contributed by atoms with Gasteiger partial charge in [-0.2, -0.15) is 0 Å². The minimum absolute atomic E-state index is 0.0202. The van der Waals surface area contributed by atoms with Crippen LogP contribution in [0.5, 0.6) is 0 Å². The van der Waals surface area contributed by atoms with Gasteiger partial charge in [0, 0.05) is 19.3 Å². The largest absolute Gasteiger partial charge is 0.387 e. The Hall–Kier alpha value is -1.51. The van der Waals surface area contributed by atoms with Gasteiger partial charge in [0.2, 0.25) is 0 Å². The number of aryl methyl sites for hydroxylation is 1. The third-order valence-electron chi connectivity index (χ3n) is 3.70. The number of benzene rings is 1. The lowest BCUT2D eigenvalue weighted by Crippen LogP contribution is -2.29. The summed E-state index contributed by atoms with van der Waals surface area (Å²) in [7, 11) is 1.85. The summed E-state index contributed by atoms with van der Waals surface area (Å²) in [6.45, 7) is 5.02. The van der Waals surface area contributed by atoms with E-state index in [0.717, 1.165) is 29.3 Å². The van der Waals surface area contributed by atoms with E-state index in [1.165, 1.54) is 12.8 Å². The normalized spacial score (nSPS) is 16.2. The topological polar surface area (TPSA) is 41.1 Å². The molecule has 1 saturated carbocycles. The molecule has 3 nitrogen and oxygen atoms in total. The fraction of sp³-hybridized carbons (Fsp3) is 0.533. The van der Waals surface area contributed by atoms with Crippen LogP contribution in [-0.4, -0.2) is 19.5 Å². The van der Waals surface area contributed by atoms with Crippen molar-refractivity contribution in [2.45, 2.75) is 26.7 Å². The van der Waals surface area contributed by atoms with E-state index in [1.54, 1.807) is 0 Å². The first-order chi connectivity index (χ1) is 8.61. The van der Waals surface area contributed by atoms with Gasteiger partial charge in [0.05, 0.1) is 5.56 Å². The predicted molar refractivity (Wildman–Crippen MR) is 74.9 cm³/mol. The van der Waals surface area contributed by atoms with Crippen molar-refractivity contribution in [2.24, 2.45) is 11.8 Å². The standard InChI is InChI=1S/C15H22N2O/c1-10-4-7-13(14(8-10)16-3)15(18)17-9-11(2)12-5-6-12/h4,7-8,11-12,16H,5-6,9H2,1-3H3,(H,17,18). The molecule has 1 fully saturated rings. The highest BCUT2D eigenvalue weighted by Gasteiger charge is 2.28. The van der Waals surface area contributed by atoms with Gasteiger partial charge in [0.15, 0.2) is 0 Å². The summed E-state index contributed by atoms with van der Waals surface area (Å²) in [4.78, 5) is 12.1. The second kappa shape index (κ2) is 5.42. The predicted octanol–water partition coefficient (Wildman–Crippen LogP) is 2.81. The molecule has 3 heteroatoms.